The number of nitrogens with zero attached hydrogens (tertiary/aromatic N) is 5. The summed E-state index contributed by atoms with van der Waals surface area (Å²) >= 11 is 0. The molecule has 2 N–H and O–H groups in total. The van der Waals surface area contributed by atoms with E-state index in [1.807, 2.05) is 37.2 Å². The zero-order chi connectivity index (χ0) is 11.5. The van der Waals surface area contributed by atoms with Crippen LogP contribution < -0.4 is 5.73 Å². The van der Waals surface area contributed by atoms with Gasteiger partial charge in [0.1, 0.15) is 5.69 Å². The quantitative estimate of drug-likeness (QED) is 0.784. The third-order valence-corrected chi connectivity index (χ3v) is 2.22. The number of aromatic nitrogens is 5. The average Bonchev–Trinajstić information content (AvgIpc) is 2.76. The van der Waals surface area contributed by atoms with Crippen LogP contribution in [0.3, 0.4) is 0 Å². The molecular weight excluding hydrogens is 204 g/mol. The Bertz CT molecular complexity index is 455. The molecule has 16 heavy (non-hydrogen) atoms. The lowest BCUT2D eigenvalue weighted by molar-refractivity contribution is 0.665. The molecule has 0 fully saturated rings. The molecule has 6 nitrogen and oxygen atoms in total. The predicted molar refractivity (Wildman–Crippen MR) is 59.7 cm³/mol. The first-order valence-electron chi connectivity index (χ1n) is 5.25. The smallest absolute Gasteiger partial charge is 0.104 e. The van der Waals surface area contributed by atoms with Crippen molar-refractivity contribution < 1.29 is 0 Å². The van der Waals surface area contributed by atoms with Crippen molar-refractivity contribution >= 4 is 0 Å². The Labute approximate surface area is 94.1 Å². The molecular formula is C10H16N6. The fourth-order valence-corrected chi connectivity index (χ4v) is 1.60. The molecule has 0 saturated carbocycles. The predicted octanol–water partition coefficient (Wildman–Crippen LogP) is -0.0504. The second-order valence-electron chi connectivity index (χ2n) is 4.11. The third-order valence-electron chi connectivity index (χ3n) is 2.22. The Hall–Kier alpha value is -1.69. The number of hydrogen-bond donors (Lipinski definition) is 1. The van der Waals surface area contributed by atoms with Gasteiger partial charge in [0.15, 0.2) is 0 Å². The molecule has 2 heterocycles. The number of nitrogens with two attached hydrogens (primary N) is 1. The zero-order valence-electron chi connectivity index (χ0n) is 9.54. The van der Waals surface area contributed by atoms with Gasteiger partial charge < -0.3 is 5.73 Å². The first-order chi connectivity index (χ1) is 7.63. The molecule has 0 aliphatic heterocycles. The maximum Gasteiger partial charge on any atom is 0.104 e. The normalized spacial score (nSPS) is 12.9. The van der Waals surface area contributed by atoms with Crippen LogP contribution in [-0.2, 0) is 20.0 Å². The summed E-state index contributed by atoms with van der Waals surface area (Å²) in [6, 6.07) is 0.161. The molecule has 1 unspecified atom stereocenters. The first kappa shape index (κ1) is 10.8. The topological polar surface area (TPSA) is 74.5 Å². The molecule has 0 amide bonds. The first-order valence-corrected chi connectivity index (χ1v) is 5.25. The van der Waals surface area contributed by atoms with Crippen LogP contribution in [0.2, 0.25) is 0 Å². The summed E-state index contributed by atoms with van der Waals surface area (Å²) in [7, 11) is 1.85. The lowest BCUT2D eigenvalue weighted by Crippen LogP contribution is -2.17. The average molecular weight is 220 g/mol. The zero-order valence-corrected chi connectivity index (χ0v) is 9.54. The van der Waals surface area contributed by atoms with Crippen molar-refractivity contribution in [2.45, 2.75) is 25.9 Å². The molecule has 0 aliphatic carbocycles. The highest BCUT2D eigenvalue weighted by molar-refractivity contribution is 5.06. The SMILES string of the molecule is CC(N)Cc1cnn(Cc2cn(C)nn2)c1. The molecule has 2 rings (SSSR count). The van der Waals surface area contributed by atoms with Crippen molar-refractivity contribution in [3.63, 3.8) is 0 Å². The molecule has 2 aromatic rings. The fourth-order valence-electron chi connectivity index (χ4n) is 1.60. The van der Waals surface area contributed by atoms with Gasteiger partial charge in [-0.15, -0.1) is 5.10 Å². The van der Waals surface area contributed by atoms with E-state index in [9.17, 15) is 0 Å². The van der Waals surface area contributed by atoms with Gasteiger partial charge in [-0.1, -0.05) is 5.21 Å². The standard InChI is InChI=1S/C10H16N6/c1-8(11)3-9-4-12-16(5-9)7-10-6-15(2)14-13-10/h4-6,8H,3,7,11H2,1-2H3. The summed E-state index contributed by atoms with van der Waals surface area (Å²) in [6.07, 6.45) is 6.57. The van der Waals surface area contributed by atoms with Crippen LogP contribution in [0.4, 0.5) is 0 Å². The summed E-state index contributed by atoms with van der Waals surface area (Å²) < 4.78 is 3.53. The second kappa shape index (κ2) is 4.44. The van der Waals surface area contributed by atoms with Gasteiger partial charge >= 0.3 is 0 Å². The summed E-state index contributed by atoms with van der Waals surface area (Å²) in [6.45, 7) is 2.63. The Kier molecular flexibility index (Phi) is 3.00. The molecule has 0 bridgehead atoms. The highest BCUT2D eigenvalue weighted by Crippen LogP contribution is 2.03. The van der Waals surface area contributed by atoms with Gasteiger partial charge in [0, 0.05) is 25.5 Å². The van der Waals surface area contributed by atoms with E-state index in [1.165, 1.54) is 0 Å². The number of aryl methyl sites for hydroxylation is 1. The van der Waals surface area contributed by atoms with Crippen LogP contribution in [0.15, 0.2) is 18.6 Å². The van der Waals surface area contributed by atoms with Gasteiger partial charge in [-0.3, -0.25) is 9.36 Å². The van der Waals surface area contributed by atoms with Crippen molar-refractivity contribution in [1.82, 2.24) is 24.8 Å². The second-order valence-corrected chi connectivity index (χ2v) is 4.11. The van der Waals surface area contributed by atoms with Gasteiger partial charge in [-0.2, -0.15) is 5.10 Å². The maximum atomic E-state index is 5.73. The minimum Gasteiger partial charge on any atom is -0.328 e. The monoisotopic (exact) mass is 220 g/mol. The fraction of sp³-hybridized carbons (Fsp3) is 0.500. The Morgan fingerprint density at radius 2 is 2.25 bits per heavy atom. The van der Waals surface area contributed by atoms with Crippen LogP contribution in [0.5, 0.6) is 0 Å². The Morgan fingerprint density at radius 3 is 2.88 bits per heavy atom. The van der Waals surface area contributed by atoms with Crippen molar-refractivity contribution in [2.24, 2.45) is 12.8 Å². The van der Waals surface area contributed by atoms with E-state index in [1.54, 1.807) is 4.68 Å². The van der Waals surface area contributed by atoms with Crippen molar-refractivity contribution in [3.8, 4) is 0 Å². The van der Waals surface area contributed by atoms with E-state index >= 15 is 0 Å². The summed E-state index contributed by atoms with van der Waals surface area (Å²) in [5.41, 5.74) is 7.78. The molecule has 86 valence electrons. The van der Waals surface area contributed by atoms with Gasteiger partial charge in [0.25, 0.3) is 0 Å². The van der Waals surface area contributed by atoms with Crippen LogP contribution >= 0.6 is 0 Å². The van der Waals surface area contributed by atoms with Gasteiger partial charge in [0.05, 0.1) is 12.7 Å². The van der Waals surface area contributed by atoms with E-state index < -0.39 is 0 Å². The highest BCUT2D eigenvalue weighted by Gasteiger charge is 2.04. The van der Waals surface area contributed by atoms with E-state index in [4.69, 9.17) is 5.73 Å². The van der Waals surface area contributed by atoms with Crippen LogP contribution in [0.25, 0.3) is 0 Å². The minimum atomic E-state index is 0.161. The van der Waals surface area contributed by atoms with Crippen LogP contribution in [0.1, 0.15) is 18.2 Å². The summed E-state index contributed by atoms with van der Waals surface area (Å²) in [5.74, 6) is 0. The van der Waals surface area contributed by atoms with Crippen molar-refractivity contribution in [3.05, 3.63) is 29.8 Å². The molecule has 0 saturated heterocycles. The molecule has 2 aromatic heterocycles. The van der Waals surface area contributed by atoms with Gasteiger partial charge in [-0.25, -0.2) is 0 Å². The lowest BCUT2D eigenvalue weighted by atomic mass is 10.1. The van der Waals surface area contributed by atoms with Crippen LogP contribution in [-0.4, -0.2) is 30.8 Å². The molecule has 0 aliphatic rings. The molecule has 0 radical (unpaired) electrons. The number of hydrogen-bond acceptors (Lipinski definition) is 4. The Morgan fingerprint density at radius 1 is 1.44 bits per heavy atom. The Balaban J connectivity index is 2.02. The van der Waals surface area contributed by atoms with E-state index in [0.717, 1.165) is 17.7 Å². The van der Waals surface area contributed by atoms with Gasteiger partial charge in [0.2, 0.25) is 0 Å². The summed E-state index contributed by atoms with van der Waals surface area (Å²) in [4.78, 5) is 0. The van der Waals surface area contributed by atoms with E-state index in [2.05, 4.69) is 15.4 Å². The van der Waals surface area contributed by atoms with Crippen molar-refractivity contribution in [1.29, 1.82) is 0 Å². The molecule has 1 atom stereocenters. The van der Waals surface area contributed by atoms with E-state index in [0.29, 0.717) is 6.54 Å². The third kappa shape index (κ3) is 2.66. The largest absolute Gasteiger partial charge is 0.328 e. The molecule has 6 heteroatoms. The lowest BCUT2D eigenvalue weighted by Gasteiger charge is -2.00. The number of rotatable bonds is 4. The minimum absolute atomic E-state index is 0.161. The highest BCUT2D eigenvalue weighted by atomic mass is 15.4. The maximum absolute atomic E-state index is 5.73. The van der Waals surface area contributed by atoms with Gasteiger partial charge in [-0.05, 0) is 18.9 Å². The van der Waals surface area contributed by atoms with E-state index in [-0.39, 0.29) is 6.04 Å². The molecule has 0 aromatic carbocycles. The summed E-state index contributed by atoms with van der Waals surface area (Å²) in [5, 5.41) is 12.1. The van der Waals surface area contributed by atoms with Crippen molar-refractivity contribution in [2.75, 3.05) is 0 Å². The molecule has 0 spiro atoms. The van der Waals surface area contributed by atoms with Crippen LogP contribution in [0, 0.1) is 0 Å².